The van der Waals surface area contributed by atoms with Crippen molar-refractivity contribution in [1.29, 1.82) is 0 Å². The average Bonchev–Trinajstić information content (AvgIpc) is 0.717. The molecular formula is C108H101FN8O11S2. The van der Waals surface area contributed by atoms with Crippen LogP contribution in [0.2, 0.25) is 0 Å². The molecule has 2 N–H and O–H groups in total. The zero-order valence-corrected chi connectivity index (χ0v) is 76.1. The van der Waals surface area contributed by atoms with Crippen molar-refractivity contribution >= 4 is 147 Å². The van der Waals surface area contributed by atoms with E-state index in [2.05, 4.69) is 120 Å². The number of carbonyl (C=O) groups excluding carboxylic acids is 3. The smallest absolute Gasteiger partial charge is 0.229 e. The minimum atomic E-state index is -3.40. The number of nitrogens with one attached hydrogen (secondary N) is 2. The Morgan fingerprint density at radius 2 is 0.646 bits per heavy atom. The molecule has 13 aromatic carbocycles. The zero-order valence-electron chi connectivity index (χ0n) is 74.5. The molecule has 9 atom stereocenters. The Morgan fingerprint density at radius 3 is 0.977 bits per heavy atom. The molecule has 130 heavy (non-hydrogen) atoms. The first-order valence-corrected chi connectivity index (χ1v) is 48.8. The van der Waals surface area contributed by atoms with Crippen LogP contribution >= 0.6 is 0 Å². The van der Waals surface area contributed by atoms with E-state index in [1.54, 1.807) is 109 Å². The van der Waals surface area contributed by atoms with Gasteiger partial charge in [0.05, 0.1) is 78.7 Å². The van der Waals surface area contributed by atoms with Crippen LogP contribution in [0.25, 0.3) is 98.5 Å². The molecule has 3 aliphatic carbocycles. The second-order valence-corrected chi connectivity index (χ2v) is 42.0. The van der Waals surface area contributed by atoms with Gasteiger partial charge in [-0.25, -0.2) is 51.1 Å². The minimum absolute atomic E-state index is 0.111. The summed E-state index contributed by atoms with van der Waals surface area (Å²) >= 11 is 0. The predicted molar refractivity (Wildman–Crippen MR) is 513 cm³/mol. The van der Waals surface area contributed by atoms with Gasteiger partial charge in [0.2, 0.25) is 20.0 Å². The molecular weight excluding hydrogens is 1670 g/mol. The summed E-state index contributed by atoms with van der Waals surface area (Å²) in [6, 6.07) is 67.6. The van der Waals surface area contributed by atoms with E-state index in [9.17, 15) is 35.6 Å². The Kier molecular flexibility index (Phi) is 21.4. The molecule has 6 heterocycles. The molecule has 0 bridgehead atoms. The number of halogens is 1. The van der Waals surface area contributed by atoms with E-state index in [0.717, 1.165) is 156 Å². The van der Waals surface area contributed by atoms with Crippen LogP contribution in [0.1, 0.15) is 208 Å². The lowest BCUT2D eigenvalue weighted by molar-refractivity contribution is -0.0118. The lowest BCUT2D eigenvalue weighted by Gasteiger charge is -2.49. The third-order valence-electron chi connectivity index (χ3n) is 28.2. The van der Waals surface area contributed by atoms with E-state index in [1.807, 2.05) is 60.7 Å². The highest BCUT2D eigenvalue weighted by molar-refractivity contribution is 7.92. The summed E-state index contributed by atoms with van der Waals surface area (Å²) in [4.78, 5) is 71.6. The van der Waals surface area contributed by atoms with Crippen molar-refractivity contribution in [2.24, 2.45) is 35.5 Å². The number of ketones is 3. The largest absolute Gasteiger partial charge is 0.489 e. The van der Waals surface area contributed by atoms with Crippen molar-refractivity contribution in [2.75, 3.05) is 22.0 Å². The van der Waals surface area contributed by atoms with Crippen molar-refractivity contribution in [3.63, 3.8) is 0 Å². The molecule has 3 saturated carbocycles. The van der Waals surface area contributed by atoms with Gasteiger partial charge in [-0.2, -0.15) is 0 Å². The first-order valence-electron chi connectivity index (χ1n) is 45.0. The minimum Gasteiger partial charge on any atom is -0.489 e. The fourth-order valence-corrected chi connectivity index (χ4v) is 23.0. The Balaban J connectivity index is 0.000000122. The number of hydrogen-bond donors (Lipinski definition) is 2. The van der Waals surface area contributed by atoms with Crippen molar-refractivity contribution in [2.45, 2.75) is 161 Å². The van der Waals surface area contributed by atoms with E-state index in [1.165, 1.54) is 36.5 Å². The van der Waals surface area contributed by atoms with Gasteiger partial charge in [0.25, 0.3) is 0 Å². The van der Waals surface area contributed by atoms with Gasteiger partial charge >= 0.3 is 0 Å². The summed E-state index contributed by atoms with van der Waals surface area (Å²) in [7, 11) is -6.80. The molecule has 6 aliphatic rings. The van der Waals surface area contributed by atoms with Gasteiger partial charge in [0.1, 0.15) is 52.2 Å². The van der Waals surface area contributed by atoms with Gasteiger partial charge in [-0.15, -0.1) is 0 Å². The molecule has 3 aliphatic heterocycles. The van der Waals surface area contributed by atoms with E-state index in [4.69, 9.17) is 48.9 Å². The molecule has 0 unspecified atom stereocenters. The highest BCUT2D eigenvalue weighted by Crippen LogP contribution is 2.61. The van der Waals surface area contributed by atoms with Crippen LogP contribution in [0.4, 0.5) is 15.8 Å². The number of anilines is 2. The number of ether oxygens (including phenoxy) is 4. The Hall–Kier alpha value is -12.9. The zero-order chi connectivity index (χ0) is 90.4. The predicted octanol–water partition coefficient (Wildman–Crippen LogP) is 24.0. The number of aromatic nitrogens is 6. The number of fused-ring (bicyclic) bond motifs is 27. The van der Waals surface area contributed by atoms with Crippen LogP contribution in [0.5, 0.6) is 23.0 Å². The number of hydrogen-bond acceptors (Lipinski definition) is 17. The summed E-state index contributed by atoms with van der Waals surface area (Å²) < 4.78 is 91.3. The number of rotatable bonds is 13. The molecule has 3 fully saturated rings. The second kappa shape index (κ2) is 32.6. The molecule has 0 amide bonds. The third-order valence-corrected chi connectivity index (χ3v) is 29.4. The Bertz CT molecular complexity index is 7620. The van der Waals surface area contributed by atoms with E-state index < -0.39 is 20.0 Å². The molecule has 658 valence electrons. The molecule has 19 nitrogen and oxygen atoms in total. The molecule has 0 spiro atoms. The number of sulfonamides is 2. The van der Waals surface area contributed by atoms with Gasteiger partial charge in [-0.05, 0) is 249 Å². The fourth-order valence-electron chi connectivity index (χ4n) is 21.9. The second-order valence-electron chi connectivity index (χ2n) is 38.5. The van der Waals surface area contributed by atoms with Crippen LogP contribution in [-0.2, 0) is 26.7 Å². The maximum absolute atomic E-state index is 14.0. The van der Waals surface area contributed by atoms with Crippen molar-refractivity contribution in [3.8, 4) is 23.0 Å². The maximum atomic E-state index is 14.0. The normalized spacial score (nSPS) is 21.0. The quantitative estimate of drug-likeness (QED) is 0.0618. The standard InChI is InChI=1S/C40H35FN2O3.2C34H33N3O4S/c1-23-12-18-31-30(20-23)35-37-36(28-9-5-6-10-29(28)39(35)46-40(31,2)3)43-34-21-25(15-19-33(34)42-37)38(44)24-13-16-27(17-14-24)45-22-26-8-4-7-11-32(26)41;1-19-9-15-26-25(17-19)29-31-30(23-7-5-6-8-24(23)33(29)41-34(26,2)3)36-28-18-21(12-16-27(28)35-31)32(38)20-10-13-22(14-11-20)37-42(4,39)40;1-19-9-15-26-25(17-19)29-31-30(23-7-5-6-8-24(23)33(29)41-34(26,2)3)35-27-16-12-21(18-28(27)36-31)32(38)20-10-13-22(14-11-20)37-42(4,39)40/h4-11,13-17,19,21,23,30-31H,12,18,20,22H2,1-3H3;2*5-8,10-14,16,18-19,25-26,37H,9,15,17H2,1-4H3/t23-,30-,31-;2*19-,25-,26-/m000/s1. The van der Waals surface area contributed by atoms with Gasteiger partial charge in [-0.1, -0.05) is 131 Å². The van der Waals surface area contributed by atoms with Crippen LogP contribution < -0.4 is 28.4 Å². The highest BCUT2D eigenvalue weighted by atomic mass is 32.2. The first kappa shape index (κ1) is 85.2. The molecule has 22 rings (SSSR count). The lowest BCUT2D eigenvalue weighted by Crippen LogP contribution is -2.46. The summed E-state index contributed by atoms with van der Waals surface area (Å²) in [5.74, 6) is 6.70. The SMILES string of the molecule is C[C@H]1CC[C@H]2[C@H](C1)c1c(c3ccccc3c3nc4cc(C(=O)c5ccc(NS(C)(=O)=O)cc5)ccc4nc13)OC2(C)C.C[C@H]1CC[C@H]2[C@H](C1)c1c(c3ccccc3c3nc4cc(C(=O)c5ccc(OCc6ccccc6F)cc5)ccc4nc13)OC2(C)C.C[C@H]1CC[C@H]2[C@H](C1)c1c(c3ccccc3c3nc4ccc(C(=O)c5ccc(NS(C)(=O)=O)cc5)cc4nc13)OC2(C)C. The van der Waals surface area contributed by atoms with Crippen molar-refractivity contribution < 1.29 is 54.6 Å². The van der Waals surface area contributed by atoms with E-state index in [-0.39, 0.29) is 46.6 Å². The summed E-state index contributed by atoms with van der Waals surface area (Å²) in [5, 5.41) is 6.19. The Labute approximate surface area is 754 Å². The van der Waals surface area contributed by atoms with Gasteiger partial charge in [-0.3, -0.25) is 23.8 Å². The first-order chi connectivity index (χ1) is 62.2. The molecule has 3 aromatic heterocycles. The molecule has 0 radical (unpaired) electrons. The third kappa shape index (κ3) is 15.9. The van der Waals surface area contributed by atoms with Crippen LogP contribution in [0.15, 0.2) is 224 Å². The van der Waals surface area contributed by atoms with Crippen molar-refractivity contribution in [1.82, 2.24) is 29.9 Å². The summed E-state index contributed by atoms with van der Waals surface area (Å²) in [6.07, 6.45) is 12.5. The topological polar surface area (TPSA) is 258 Å². The van der Waals surface area contributed by atoms with E-state index >= 15 is 0 Å². The molecule has 16 aromatic rings. The van der Waals surface area contributed by atoms with Crippen LogP contribution in [-0.4, -0.2) is 93.4 Å². The van der Waals surface area contributed by atoms with Gasteiger partial charge in [0.15, 0.2) is 17.3 Å². The fraction of sp³-hybridized carbons (Fsp3) is 0.306. The summed E-state index contributed by atoms with van der Waals surface area (Å²) in [6.45, 7) is 20.5. The molecule has 22 heteroatoms. The number of benzene rings is 13. The average molecular weight is 1770 g/mol. The number of carbonyl (C=O) groups is 3. The van der Waals surface area contributed by atoms with Gasteiger partial charge in [0, 0.05) is 117 Å². The van der Waals surface area contributed by atoms with Crippen LogP contribution in [0, 0.1) is 41.3 Å². The lowest BCUT2D eigenvalue weighted by atomic mass is 9.64. The Morgan fingerprint density at radius 1 is 0.362 bits per heavy atom. The van der Waals surface area contributed by atoms with Gasteiger partial charge < -0.3 is 18.9 Å². The maximum Gasteiger partial charge on any atom is 0.229 e. The van der Waals surface area contributed by atoms with Crippen LogP contribution in [0.3, 0.4) is 0 Å². The monoisotopic (exact) mass is 1770 g/mol. The van der Waals surface area contributed by atoms with E-state index in [0.29, 0.717) is 126 Å². The number of nitrogens with zero attached hydrogens (tertiary/aromatic N) is 6. The van der Waals surface area contributed by atoms with Crippen molar-refractivity contribution in [3.05, 3.63) is 286 Å². The summed E-state index contributed by atoms with van der Waals surface area (Å²) in [5.41, 5.74) is 16.4. The highest BCUT2D eigenvalue weighted by Gasteiger charge is 2.51. The molecule has 0 saturated heterocycles.